The molecule has 0 radical (unpaired) electrons. The lowest BCUT2D eigenvalue weighted by Gasteiger charge is -2.11. The van der Waals surface area contributed by atoms with Crippen molar-refractivity contribution >= 4 is 29.3 Å². The van der Waals surface area contributed by atoms with E-state index in [1.807, 2.05) is 19.0 Å². The largest absolute Gasteiger partial charge is 0.347 e. The number of fused-ring (bicyclic) bond motifs is 1. The van der Waals surface area contributed by atoms with Crippen molar-refractivity contribution in [3.05, 3.63) is 34.6 Å². The molecule has 1 aliphatic carbocycles. The highest BCUT2D eigenvalue weighted by Crippen LogP contribution is 2.31. The second-order valence-electron chi connectivity index (χ2n) is 4.97. The van der Waals surface area contributed by atoms with Crippen LogP contribution in [0.2, 0.25) is 5.28 Å². The van der Waals surface area contributed by atoms with E-state index in [1.165, 1.54) is 42.2 Å². The third-order valence-corrected chi connectivity index (χ3v) is 4.28. The van der Waals surface area contributed by atoms with Crippen LogP contribution in [0.5, 0.6) is 0 Å². The lowest BCUT2D eigenvalue weighted by Crippen LogP contribution is -2.13. The first kappa shape index (κ1) is 13.6. The van der Waals surface area contributed by atoms with Gasteiger partial charge in [0.15, 0.2) is 5.16 Å². The number of aromatic nitrogens is 3. The van der Waals surface area contributed by atoms with E-state index in [9.17, 15) is 0 Å². The Kier molecular flexibility index (Phi) is 3.81. The molecule has 6 heteroatoms. The van der Waals surface area contributed by atoms with Gasteiger partial charge in [-0.1, -0.05) is 6.07 Å². The van der Waals surface area contributed by atoms with Crippen molar-refractivity contribution in [3.8, 4) is 0 Å². The van der Waals surface area contributed by atoms with Crippen molar-refractivity contribution < 1.29 is 0 Å². The van der Waals surface area contributed by atoms with Crippen molar-refractivity contribution in [2.45, 2.75) is 29.3 Å². The lowest BCUT2D eigenvalue weighted by atomic mass is 10.1. The number of benzene rings is 1. The smallest absolute Gasteiger partial charge is 0.230 e. The molecule has 20 heavy (non-hydrogen) atoms. The third-order valence-electron chi connectivity index (χ3n) is 3.25. The Bertz CT molecular complexity index is 645. The quantitative estimate of drug-likeness (QED) is 0.871. The van der Waals surface area contributed by atoms with Gasteiger partial charge in [-0.05, 0) is 65.9 Å². The summed E-state index contributed by atoms with van der Waals surface area (Å²) in [7, 11) is 3.77. The normalized spacial score (nSPS) is 13.3. The molecule has 104 valence electrons. The van der Waals surface area contributed by atoms with E-state index in [4.69, 9.17) is 11.6 Å². The van der Waals surface area contributed by atoms with E-state index < -0.39 is 0 Å². The van der Waals surface area contributed by atoms with Crippen molar-refractivity contribution in [2.24, 2.45) is 0 Å². The molecular formula is C14H15ClN4S. The zero-order valence-corrected chi connectivity index (χ0v) is 13.0. The van der Waals surface area contributed by atoms with Crippen LogP contribution >= 0.6 is 23.4 Å². The average Bonchev–Trinajstić information content (AvgIpc) is 2.85. The van der Waals surface area contributed by atoms with E-state index in [0.717, 1.165) is 4.90 Å². The summed E-state index contributed by atoms with van der Waals surface area (Å²) in [6, 6.07) is 6.57. The van der Waals surface area contributed by atoms with Crippen LogP contribution in [0.15, 0.2) is 28.3 Å². The summed E-state index contributed by atoms with van der Waals surface area (Å²) in [5.41, 5.74) is 2.92. The number of anilines is 1. The number of hydrogen-bond acceptors (Lipinski definition) is 5. The van der Waals surface area contributed by atoms with Gasteiger partial charge in [0, 0.05) is 19.0 Å². The van der Waals surface area contributed by atoms with Gasteiger partial charge in [-0.2, -0.15) is 15.0 Å². The molecule has 1 heterocycles. The van der Waals surface area contributed by atoms with Crippen LogP contribution in [0.1, 0.15) is 17.5 Å². The Hall–Kier alpha value is -1.33. The summed E-state index contributed by atoms with van der Waals surface area (Å²) in [6.07, 6.45) is 3.62. The lowest BCUT2D eigenvalue weighted by molar-refractivity contribution is 0.865. The van der Waals surface area contributed by atoms with Crippen LogP contribution in [-0.4, -0.2) is 29.0 Å². The van der Waals surface area contributed by atoms with Crippen molar-refractivity contribution in [1.29, 1.82) is 0 Å². The van der Waals surface area contributed by atoms with Gasteiger partial charge in [0.05, 0.1) is 0 Å². The monoisotopic (exact) mass is 306 g/mol. The van der Waals surface area contributed by atoms with E-state index in [-0.39, 0.29) is 5.28 Å². The van der Waals surface area contributed by atoms with Gasteiger partial charge in [-0.15, -0.1) is 0 Å². The number of rotatable bonds is 3. The predicted octanol–water partition coefficient (Wildman–Crippen LogP) is 3.23. The maximum atomic E-state index is 5.95. The minimum Gasteiger partial charge on any atom is -0.347 e. The standard InChI is InChI=1S/C14H15ClN4S/c1-19(2)13-16-12(15)17-14(18-13)20-11-7-6-9-4-3-5-10(9)8-11/h6-8H,3-5H2,1-2H3. The summed E-state index contributed by atoms with van der Waals surface area (Å²) >= 11 is 7.48. The van der Waals surface area contributed by atoms with Gasteiger partial charge in [0.2, 0.25) is 11.2 Å². The average molecular weight is 307 g/mol. The maximum Gasteiger partial charge on any atom is 0.230 e. The fourth-order valence-electron chi connectivity index (χ4n) is 2.28. The van der Waals surface area contributed by atoms with E-state index in [0.29, 0.717) is 11.1 Å². The first-order valence-corrected chi connectivity index (χ1v) is 7.70. The molecule has 3 rings (SSSR count). The third kappa shape index (κ3) is 2.88. The number of halogens is 1. The predicted molar refractivity (Wildman–Crippen MR) is 81.8 cm³/mol. The minimum absolute atomic E-state index is 0.229. The Labute approximate surface area is 127 Å². The summed E-state index contributed by atoms with van der Waals surface area (Å²) in [6.45, 7) is 0. The van der Waals surface area contributed by atoms with E-state index >= 15 is 0 Å². The van der Waals surface area contributed by atoms with Gasteiger partial charge in [-0.25, -0.2) is 0 Å². The van der Waals surface area contributed by atoms with Crippen LogP contribution in [0.25, 0.3) is 0 Å². The molecule has 0 fully saturated rings. The topological polar surface area (TPSA) is 41.9 Å². The van der Waals surface area contributed by atoms with Crippen molar-refractivity contribution in [3.63, 3.8) is 0 Å². The van der Waals surface area contributed by atoms with Gasteiger partial charge in [0.25, 0.3) is 0 Å². The molecule has 1 aromatic carbocycles. The number of hydrogen-bond donors (Lipinski definition) is 0. The Morgan fingerprint density at radius 2 is 1.90 bits per heavy atom. The molecule has 0 amide bonds. The zero-order chi connectivity index (χ0) is 14.1. The zero-order valence-electron chi connectivity index (χ0n) is 11.4. The van der Waals surface area contributed by atoms with Crippen molar-refractivity contribution in [1.82, 2.24) is 15.0 Å². The van der Waals surface area contributed by atoms with Gasteiger partial charge in [0.1, 0.15) is 0 Å². The van der Waals surface area contributed by atoms with Crippen LogP contribution in [0.4, 0.5) is 5.95 Å². The SMILES string of the molecule is CN(C)c1nc(Cl)nc(Sc2ccc3c(c2)CCC3)n1. The number of aryl methyl sites for hydroxylation is 2. The molecule has 4 nitrogen and oxygen atoms in total. The molecule has 1 aliphatic rings. The molecule has 1 aromatic heterocycles. The molecule has 0 spiro atoms. The Morgan fingerprint density at radius 1 is 1.10 bits per heavy atom. The molecular weight excluding hydrogens is 292 g/mol. The molecule has 0 N–H and O–H groups in total. The fourth-order valence-corrected chi connectivity index (χ4v) is 3.30. The Morgan fingerprint density at radius 3 is 2.70 bits per heavy atom. The summed E-state index contributed by atoms with van der Waals surface area (Å²) in [5, 5.41) is 0.860. The first-order valence-electron chi connectivity index (χ1n) is 6.50. The fraction of sp³-hybridized carbons (Fsp3) is 0.357. The van der Waals surface area contributed by atoms with Gasteiger partial charge < -0.3 is 4.90 Å². The first-order chi connectivity index (χ1) is 9.61. The molecule has 0 atom stereocenters. The second-order valence-corrected chi connectivity index (χ2v) is 6.35. The highest BCUT2D eigenvalue weighted by Gasteiger charge is 2.13. The van der Waals surface area contributed by atoms with Gasteiger partial charge >= 0.3 is 0 Å². The van der Waals surface area contributed by atoms with Gasteiger partial charge in [-0.3, -0.25) is 0 Å². The molecule has 0 bridgehead atoms. The number of nitrogens with zero attached hydrogens (tertiary/aromatic N) is 4. The summed E-state index contributed by atoms with van der Waals surface area (Å²) in [5.74, 6) is 0.577. The second kappa shape index (κ2) is 5.58. The van der Waals surface area contributed by atoms with E-state index in [1.54, 1.807) is 0 Å². The molecule has 0 saturated heterocycles. The summed E-state index contributed by atoms with van der Waals surface area (Å²) < 4.78 is 0. The molecule has 0 saturated carbocycles. The van der Waals surface area contributed by atoms with Crippen molar-refractivity contribution in [2.75, 3.05) is 19.0 Å². The summed E-state index contributed by atoms with van der Waals surface area (Å²) in [4.78, 5) is 15.6. The maximum absolute atomic E-state index is 5.95. The molecule has 0 unspecified atom stereocenters. The van der Waals surface area contributed by atoms with Crippen LogP contribution in [0.3, 0.4) is 0 Å². The van der Waals surface area contributed by atoms with Crippen LogP contribution in [-0.2, 0) is 12.8 Å². The minimum atomic E-state index is 0.229. The highest BCUT2D eigenvalue weighted by atomic mass is 35.5. The molecule has 0 aliphatic heterocycles. The molecule has 2 aromatic rings. The van der Waals surface area contributed by atoms with Crippen LogP contribution in [0, 0.1) is 0 Å². The Balaban J connectivity index is 1.87. The highest BCUT2D eigenvalue weighted by molar-refractivity contribution is 7.99. The van der Waals surface area contributed by atoms with Crippen LogP contribution < -0.4 is 4.90 Å². The van der Waals surface area contributed by atoms with E-state index in [2.05, 4.69) is 33.2 Å².